The van der Waals surface area contributed by atoms with E-state index in [1.807, 2.05) is 27.9 Å². The molecule has 0 bridgehead atoms. The molecule has 2 heterocycles. The van der Waals surface area contributed by atoms with E-state index in [1.165, 1.54) is 22.6 Å². The molecule has 2 rings (SSSR count). The molecule has 2 aromatic heterocycles. The first-order chi connectivity index (χ1) is 9.95. The van der Waals surface area contributed by atoms with Crippen LogP contribution in [0.25, 0.3) is 10.2 Å². The van der Waals surface area contributed by atoms with Crippen LogP contribution < -0.4 is 15.8 Å². The van der Waals surface area contributed by atoms with Gasteiger partial charge in [0.15, 0.2) is 0 Å². The van der Waals surface area contributed by atoms with Crippen molar-refractivity contribution in [2.24, 2.45) is 0 Å². The first-order valence-corrected chi connectivity index (χ1v) is 7.83. The van der Waals surface area contributed by atoms with Gasteiger partial charge in [-0.05, 0) is 19.4 Å². The van der Waals surface area contributed by atoms with Gasteiger partial charge < -0.3 is 10.2 Å². The molecule has 0 saturated carbocycles. The molecule has 0 radical (unpaired) electrons. The van der Waals surface area contributed by atoms with Crippen LogP contribution in [0.2, 0.25) is 0 Å². The molecule has 2 aromatic rings. The van der Waals surface area contributed by atoms with Crippen LogP contribution in [-0.4, -0.2) is 42.6 Å². The second kappa shape index (κ2) is 6.36. The zero-order valence-corrected chi connectivity index (χ0v) is 13.6. The summed E-state index contributed by atoms with van der Waals surface area (Å²) in [6.45, 7) is 5.75. The van der Waals surface area contributed by atoms with Gasteiger partial charge in [-0.2, -0.15) is 0 Å². The molecular weight excluding hydrogens is 288 g/mol. The molecule has 21 heavy (non-hydrogen) atoms. The van der Waals surface area contributed by atoms with Crippen molar-refractivity contribution >= 4 is 27.5 Å². The summed E-state index contributed by atoms with van der Waals surface area (Å²) in [5, 5.41) is 3.46. The molecule has 0 aliphatic rings. The molecule has 0 spiro atoms. The van der Waals surface area contributed by atoms with E-state index in [1.54, 1.807) is 4.57 Å². The van der Waals surface area contributed by atoms with Crippen molar-refractivity contribution in [2.45, 2.75) is 20.4 Å². The van der Waals surface area contributed by atoms with Gasteiger partial charge in [-0.15, -0.1) is 11.3 Å². The number of carbonyl (C=O) groups is 1. The molecule has 0 aliphatic heterocycles. The van der Waals surface area contributed by atoms with Crippen LogP contribution in [0.4, 0.5) is 0 Å². The van der Waals surface area contributed by atoms with E-state index >= 15 is 0 Å². The summed E-state index contributed by atoms with van der Waals surface area (Å²) in [6, 6.07) is 0. The lowest BCUT2D eigenvalue weighted by molar-refractivity contribution is -0.856. The third-order valence-corrected chi connectivity index (χ3v) is 4.57. The third-order valence-electron chi connectivity index (χ3n) is 3.37. The van der Waals surface area contributed by atoms with Crippen molar-refractivity contribution in [1.29, 1.82) is 0 Å². The topological polar surface area (TPSA) is 68.4 Å². The van der Waals surface area contributed by atoms with Gasteiger partial charge in [0.05, 0.1) is 43.8 Å². The maximum absolute atomic E-state index is 12.3. The van der Waals surface area contributed by atoms with E-state index in [4.69, 9.17) is 0 Å². The second-order valence-corrected chi connectivity index (χ2v) is 6.28. The Morgan fingerprint density at radius 2 is 2.19 bits per heavy atom. The van der Waals surface area contributed by atoms with Crippen molar-refractivity contribution in [1.82, 2.24) is 14.9 Å². The van der Waals surface area contributed by atoms with Crippen molar-refractivity contribution in [3.8, 4) is 0 Å². The molecule has 0 unspecified atom stereocenters. The highest BCUT2D eigenvalue weighted by atomic mass is 32.1. The van der Waals surface area contributed by atoms with Gasteiger partial charge in [-0.1, -0.05) is 0 Å². The molecule has 0 aromatic carbocycles. The Morgan fingerprint density at radius 3 is 2.81 bits per heavy atom. The highest BCUT2D eigenvalue weighted by Gasteiger charge is 2.19. The highest BCUT2D eigenvalue weighted by Crippen LogP contribution is 2.26. The Morgan fingerprint density at radius 1 is 1.48 bits per heavy atom. The summed E-state index contributed by atoms with van der Waals surface area (Å²) in [5.41, 5.74) is 0.651. The van der Waals surface area contributed by atoms with E-state index in [0.29, 0.717) is 28.2 Å². The molecule has 0 aliphatic carbocycles. The normalized spacial score (nSPS) is 11.3. The summed E-state index contributed by atoms with van der Waals surface area (Å²) in [6.07, 6.45) is 1.54. The average Bonchev–Trinajstić information content (AvgIpc) is 2.77. The average molecular weight is 309 g/mol. The molecule has 6 nitrogen and oxygen atoms in total. The fourth-order valence-corrected chi connectivity index (χ4v) is 3.16. The standard InChI is InChI=1S/C14H20N4O2S/c1-5-18-8-16-13-10(14(18)20)9(2)11(21-13)12(19)15-6-7-17(3)4/h8H,5-7H2,1-4H3,(H,15,19)/p+1. The lowest BCUT2D eigenvalue weighted by Gasteiger charge is -2.07. The number of thiophene rings is 1. The highest BCUT2D eigenvalue weighted by molar-refractivity contribution is 7.20. The fraction of sp³-hybridized carbons (Fsp3) is 0.500. The van der Waals surface area contributed by atoms with Crippen LogP contribution in [0.3, 0.4) is 0 Å². The van der Waals surface area contributed by atoms with Crippen LogP contribution in [0.15, 0.2) is 11.1 Å². The van der Waals surface area contributed by atoms with Crippen LogP contribution >= 0.6 is 11.3 Å². The van der Waals surface area contributed by atoms with Gasteiger partial charge >= 0.3 is 0 Å². The summed E-state index contributed by atoms with van der Waals surface area (Å²) in [7, 11) is 4.07. The number of nitrogens with zero attached hydrogens (tertiary/aromatic N) is 2. The van der Waals surface area contributed by atoms with E-state index < -0.39 is 0 Å². The maximum atomic E-state index is 12.3. The van der Waals surface area contributed by atoms with Crippen LogP contribution in [0, 0.1) is 6.92 Å². The van der Waals surface area contributed by atoms with Gasteiger partial charge in [-0.3, -0.25) is 14.2 Å². The summed E-state index contributed by atoms with van der Waals surface area (Å²) in [4.78, 5) is 31.3. The minimum Gasteiger partial charge on any atom is -0.346 e. The van der Waals surface area contributed by atoms with E-state index in [9.17, 15) is 9.59 Å². The van der Waals surface area contributed by atoms with Gasteiger partial charge in [0.25, 0.3) is 11.5 Å². The Kier molecular flexibility index (Phi) is 4.74. The zero-order valence-electron chi connectivity index (χ0n) is 12.8. The number of quaternary nitrogens is 1. The molecule has 0 atom stereocenters. The summed E-state index contributed by atoms with van der Waals surface area (Å²) < 4.78 is 1.55. The van der Waals surface area contributed by atoms with Crippen LogP contribution in [-0.2, 0) is 6.54 Å². The Hall–Kier alpha value is -1.73. The van der Waals surface area contributed by atoms with Crippen molar-refractivity contribution in [3.63, 3.8) is 0 Å². The predicted octanol–water partition coefficient (Wildman–Crippen LogP) is -0.339. The van der Waals surface area contributed by atoms with E-state index in [-0.39, 0.29) is 11.5 Å². The number of hydrogen-bond donors (Lipinski definition) is 2. The number of amides is 1. The van der Waals surface area contributed by atoms with Crippen LogP contribution in [0.1, 0.15) is 22.2 Å². The van der Waals surface area contributed by atoms with E-state index in [2.05, 4.69) is 10.3 Å². The van der Waals surface area contributed by atoms with Gasteiger partial charge in [0, 0.05) is 6.54 Å². The molecule has 0 saturated heterocycles. The molecule has 1 amide bonds. The maximum Gasteiger partial charge on any atom is 0.262 e. The third kappa shape index (κ3) is 3.14. The number of aromatic nitrogens is 2. The minimum atomic E-state index is -0.126. The number of carbonyl (C=O) groups excluding carboxylic acids is 1. The molecular formula is C14H21N4O2S+. The number of nitrogens with one attached hydrogen (secondary N) is 2. The molecule has 2 N–H and O–H groups in total. The Labute approximate surface area is 127 Å². The number of aryl methyl sites for hydroxylation is 2. The first kappa shape index (κ1) is 15.7. The lowest BCUT2D eigenvalue weighted by atomic mass is 10.2. The predicted molar refractivity (Wildman–Crippen MR) is 84.3 cm³/mol. The Bertz CT molecular complexity index is 718. The minimum absolute atomic E-state index is 0.0759. The number of fused-ring (bicyclic) bond motifs is 1. The molecule has 7 heteroatoms. The number of rotatable bonds is 5. The van der Waals surface area contributed by atoms with Gasteiger partial charge in [0.2, 0.25) is 0 Å². The first-order valence-electron chi connectivity index (χ1n) is 7.01. The molecule has 0 fully saturated rings. The van der Waals surface area contributed by atoms with Gasteiger partial charge in [-0.25, -0.2) is 4.98 Å². The monoisotopic (exact) mass is 309 g/mol. The van der Waals surface area contributed by atoms with Crippen LogP contribution in [0.5, 0.6) is 0 Å². The smallest absolute Gasteiger partial charge is 0.262 e. The SMILES string of the molecule is CCn1cnc2sc(C(=O)NCC[NH+](C)C)c(C)c2c1=O. The summed E-state index contributed by atoms with van der Waals surface area (Å²) >= 11 is 1.28. The van der Waals surface area contributed by atoms with Crippen molar-refractivity contribution in [2.75, 3.05) is 27.2 Å². The quantitative estimate of drug-likeness (QED) is 0.794. The largest absolute Gasteiger partial charge is 0.346 e. The second-order valence-electron chi connectivity index (χ2n) is 5.29. The summed E-state index contributed by atoms with van der Waals surface area (Å²) in [5.74, 6) is -0.126. The zero-order chi connectivity index (χ0) is 15.6. The van der Waals surface area contributed by atoms with Crippen molar-refractivity contribution in [3.05, 3.63) is 27.1 Å². The lowest BCUT2D eigenvalue weighted by Crippen LogP contribution is -3.06. The van der Waals surface area contributed by atoms with Gasteiger partial charge in [0.1, 0.15) is 4.83 Å². The molecule has 114 valence electrons. The van der Waals surface area contributed by atoms with E-state index in [0.717, 1.165) is 12.1 Å². The number of likely N-dealkylation sites (N-methyl/N-ethyl adjacent to an activating group) is 1. The fourth-order valence-electron chi connectivity index (χ4n) is 2.11. The Balaban J connectivity index is 2.33. The van der Waals surface area contributed by atoms with Crippen molar-refractivity contribution < 1.29 is 9.69 Å². The number of hydrogen-bond acceptors (Lipinski definition) is 4.